The van der Waals surface area contributed by atoms with Gasteiger partial charge in [0.2, 0.25) is 0 Å². The second-order valence-corrected chi connectivity index (χ2v) is 4.52. The summed E-state index contributed by atoms with van der Waals surface area (Å²) in [5.74, 6) is 1.87. The Morgan fingerprint density at radius 3 is 3.00 bits per heavy atom. The molecule has 0 unspecified atom stereocenters. The predicted molar refractivity (Wildman–Crippen MR) is 73.5 cm³/mol. The van der Waals surface area contributed by atoms with E-state index in [1.54, 1.807) is 7.11 Å². The molecule has 0 spiro atoms. The molecule has 0 radical (unpaired) electrons. The van der Waals surface area contributed by atoms with Crippen LogP contribution in [0.25, 0.3) is 0 Å². The van der Waals surface area contributed by atoms with Gasteiger partial charge in [0.25, 0.3) is 0 Å². The first-order valence-electron chi connectivity index (χ1n) is 6.01. The van der Waals surface area contributed by atoms with Crippen LogP contribution in [0.15, 0.2) is 24.3 Å². The molecule has 4 nitrogen and oxygen atoms in total. The van der Waals surface area contributed by atoms with Gasteiger partial charge >= 0.3 is 0 Å². The van der Waals surface area contributed by atoms with Gasteiger partial charge < -0.3 is 4.74 Å². The molecule has 0 amide bonds. The Labute approximate surface area is 112 Å². The monoisotopic (exact) mass is 263 g/mol. The Bertz CT molecular complexity index is 574. The smallest absolute Gasteiger partial charge is 0.195 e. The SMILES string of the molecule is CCCc1n[nH]c(=S)n1Cc1cccc(OC)c1. The molecule has 0 aliphatic carbocycles. The average molecular weight is 263 g/mol. The average Bonchev–Trinajstić information content (AvgIpc) is 2.72. The van der Waals surface area contributed by atoms with Crippen LogP contribution >= 0.6 is 12.2 Å². The second-order valence-electron chi connectivity index (χ2n) is 4.13. The minimum absolute atomic E-state index is 0.668. The summed E-state index contributed by atoms with van der Waals surface area (Å²) < 4.78 is 7.93. The number of hydrogen-bond donors (Lipinski definition) is 1. The fourth-order valence-corrected chi connectivity index (χ4v) is 2.10. The van der Waals surface area contributed by atoms with Gasteiger partial charge in [-0.1, -0.05) is 19.1 Å². The zero-order valence-corrected chi connectivity index (χ0v) is 11.5. The number of aryl methyl sites for hydroxylation is 1. The van der Waals surface area contributed by atoms with Crippen LogP contribution in [-0.2, 0) is 13.0 Å². The summed E-state index contributed by atoms with van der Waals surface area (Å²) in [6, 6.07) is 8.00. The molecule has 0 aliphatic heterocycles. The van der Waals surface area contributed by atoms with Gasteiger partial charge in [-0.05, 0) is 36.3 Å². The maximum absolute atomic E-state index is 5.26. The molecule has 0 aliphatic rings. The van der Waals surface area contributed by atoms with E-state index in [0.717, 1.165) is 36.5 Å². The molecule has 1 aromatic heterocycles. The molecule has 0 saturated carbocycles. The molecular weight excluding hydrogens is 246 g/mol. The number of aromatic amines is 1. The number of nitrogens with zero attached hydrogens (tertiary/aromatic N) is 2. The van der Waals surface area contributed by atoms with Crippen LogP contribution in [0.5, 0.6) is 5.75 Å². The molecule has 1 heterocycles. The Balaban J connectivity index is 2.27. The molecular formula is C13H17N3OS. The third kappa shape index (κ3) is 2.79. The van der Waals surface area contributed by atoms with Gasteiger partial charge in [0, 0.05) is 6.42 Å². The lowest BCUT2D eigenvalue weighted by Gasteiger charge is -2.07. The van der Waals surface area contributed by atoms with Gasteiger partial charge in [-0.25, -0.2) is 0 Å². The van der Waals surface area contributed by atoms with E-state index in [4.69, 9.17) is 17.0 Å². The number of rotatable bonds is 5. The zero-order chi connectivity index (χ0) is 13.0. The van der Waals surface area contributed by atoms with Crippen LogP contribution in [0.4, 0.5) is 0 Å². The maximum atomic E-state index is 5.26. The van der Waals surface area contributed by atoms with E-state index in [1.807, 2.05) is 22.8 Å². The summed E-state index contributed by atoms with van der Waals surface area (Å²) in [6.07, 6.45) is 1.98. The van der Waals surface area contributed by atoms with Crippen molar-refractivity contribution in [1.29, 1.82) is 0 Å². The van der Waals surface area contributed by atoms with E-state index in [0.29, 0.717) is 4.77 Å². The number of benzene rings is 1. The number of nitrogens with one attached hydrogen (secondary N) is 1. The van der Waals surface area contributed by atoms with Gasteiger partial charge in [0.15, 0.2) is 4.77 Å². The van der Waals surface area contributed by atoms with Crippen LogP contribution < -0.4 is 4.74 Å². The van der Waals surface area contributed by atoms with Crippen molar-refractivity contribution in [3.63, 3.8) is 0 Å². The number of methoxy groups -OCH3 is 1. The van der Waals surface area contributed by atoms with Crippen LogP contribution in [0, 0.1) is 4.77 Å². The predicted octanol–water partition coefficient (Wildman–Crippen LogP) is 2.95. The Kier molecular flexibility index (Phi) is 4.15. The zero-order valence-electron chi connectivity index (χ0n) is 10.6. The van der Waals surface area contributed by atoms with Gasteiger partial charge in [-0.2, -0.15) is 5.10 Å². The third-order valence-corrected chi connectivity index (χ3v) is 3.10. The molecule has 18 heavy (non-hydrogen) atoms. The van der Waals surface area contributed by atoms with Gasteiger partial charge in [-0.15, -0.1) is 0 Å². The van der Waals surface area contributed by atoms with E-state index in [2.05, 4.69) is 23.2 Å². The van der Waals surface area contributed by atoms with Crippen molar-refractivity contribution >= 4 is 12.2 Å². The normalized spacial score (nSPS) is 10.6. The highest BCUT2D eigenvalue weighted by Crippen LogP contribution is 2.14. The minimum atomic E-state index is 0.668. The van der Waals surface area contributed by atoms with Gasteiger partial charge in [-0.3, -0.25) is 9.67 Å². The molecule has 2 rings (SSSR count). The van der Waals surface area contributed by atoms with Crippen LogP contribution in [0.3, 0.4) is 0 Å². The topological polar surface area (TPSA) is 42.8 Å². The van der Waals surface area contributed by atoms with Crippen molar-refractivity contribution < 1.29 is 4.74 Å². The van der Waals surface area contributed by atoms with Crippen LogP contribution in [-0.4, -0.2) is 21.9 Å². The van der Waals surface area contributed by atoms with Gasteiger partial charge in [0.1, 0.15) is 11.6 Å². The summed E-state index contributed by atoms with van der Waals surface area (Å²) in [7, 11) is 1.67. The highest BCUT2D eigenvalue weighted by molar-refractivity contribution is 7.71. The fraction of sp³-hybridized carbons (Fsp3) is 0.385. The molecule has 0 fully saturated rings. The van der Waals surface area contributed by atoms with Crippen molar-refractivity contribution in [3.8, 4) is 5.75 Å². The van der Waals surface area contributed by atoms with Crippen LogP contribution in [0.2, 0.25) is 0 Å². The Morgan fingerprint density at radius 2 is 2.28 bits per heavy atom. The summed E-state index contributed by atoms with van der Waals surface area (Å²) in [5.41, 5.74) is 1.16. The largest absolute Gasteiger partial charge is 0.497 e. The van der Waals surface area contributed by atoms with Crippen molar-refractivity contribution in [1.82, 2.24) is 14.8 Å². The second kappa shape index (κ2) is 5.82. The molecule has 0 saturated heterocycles. The number of ether oxygens (including phenoxy) is 1. The molecule has 0 atom stereocenters. The Morgan fingerprint density at radius 1 is 1.44 bits per heavy atom. The summed E-state index contributed by atoms with van der Waals surface area (Å²) in [6.45, 7) is 2.86. The number of aromatic nitrogens is 3. The standard InChI is InChI=1S/C13H17N3OS/c1-3-5-12-14-15-13(18)16(12)9-10-6-4-7-11(8-10)17-2/h4,6-8H,3,5,9H2,1-2H3,(H,15,18). The van der Waals surface area contributed by atoms with Crippen LogP contribution in [0.1, 0.15) is 24.7 Å². The first-order valence-corrected chi connectivity index (χ1v) is 6.42. The number of H-pyrrole nitrogens is 1. The van der Waals surface area contributed by atoms with E-state index in [-0.39, 0.29) is 0 Å². The molecule has 1 aromatic carbocycles. The minimum Gasteiger partial charge on any atom is -0.497 e. The van der Waals surface area contributed by atoms with Crippen molar-refractivity contribution in [3.05, 3.63) is 40.4 Å². The highest BCUT2D eigenvalue weighted by atomic mass is 32.1. The lowest BCUT2D eigenvalue weighted by atomic mass is 10.2. The highest BCUT2D eigenvalue weighted by Gasteiger charge is 2.06. The first-order chi connectivity index (χ1) is 8.74. The fourth-order valence-electron chi connectivity index (χ4n) is 1.88. The van der Waals surface area contributed by atoms with E-state index in [9.17, 15) is 0 Å². The quantitative estimate of drug-likeness (QED) is 0.843. The van der Waals surface area contributed by atoms with Crippen molar-refractivity contribution in [2.24, 2.45) is 0 Å². The van der Waals surface area contributed by atoms with E-state index < -0.39 is 0 Å². The molecule has 5 heteroatoms. The van der Waals surface area contributed by atoms with E-state index >= 15 is 0 Å². The lowest BCUT2D eigenvalue weighted by Crippen LogP contribution is -2.05. The third-order valence-electron chi connectivity index (χ3n) is 2.79. The first kappa shape index (κ1) is 12.8. The summed E-state index contributed by atoms with van der Waals surface area (Å²) in [4.78, 5) is 0. The molecule has 2 aromatic rings. The van der Waals surface area contributed by atoms with Crippen molar-refractivity contribution in [2.45, 2.75) is 26.3 Å². The maximum Gasteiger partial charge on any atom is 0.195 e. The molecule has 96 valence electrons. The summed E-state index contributed by atoms with van der Waals surface area (Å²) >= 11 is 5.26. The Hall–Kier alpha value is -1.62. The lowest BCUT2D eigenvalue weighted by molar-refractivity contribution is 0.414. The van der Waals surface area contributed by atoms with Crippen molar-refractivity contribution in [2.75, 3.05) is 7.11 Å². The van der Waals surface area contributed by atoms with E-state index in [1.165, 1.54) is 0 Å². The number of hydrogen-bond acceptors (Lipinski definition) is 3. The summed E-state index contributed by atoms with van der Waals surface area (Å²) in [5, 5.41) is 7.11. The molecule has 1 N–H and O–H groups in total. The molecule has 0 bridgehead atoms. The van der Waals surface area contributed by atoms with Gasteiger partial charge in [0.05, 0.1) is 13.7 Å².